The molecule has 106 valence electrons. The number of methoxy groups -OCH3 is 1. The van der Waals surface area contributed by atoms with Crippen molar-refractivity contribution in [2.45, 2.75) is 23.8 Å². The molecule has 0 unspecified atom stereocenters. The number of ether oxygens (including phenoxy) is 1. The average molecular weight is 294 g/mol. The first-order chi connectivity index (χ1) is 9.63. The van der Waals surface area contributed by atoms with E-state index in [2.05, 4.69) is 10.2 Å². The number of benzene rings is 1. The Kier molecular flexibility index (Phi) is 4.62. The molecule has 6 nitrogen and oxygen atoms in total. The smallest absolute Gasteiger partial charge is 0.317 e. The molecule has 0 aliphatic heterocycles. The number of rotatable bonds is 6. The molecule has 0 radical (unpaired) electrons. The minimum atomic E-state index is -0.887. The van der Waals surface area contributed by atoms with E-state index in [0.717, 1.165) is 23.1 Å². The quantitative estimate of drug-likeness (QED) is 0.820. The summed E-state index contributed by atoms with van der Waals surface area (Å²) < 4.78 is 10.5. The van der Waals surface area contributed by atoms with Gasteiger partial charge in [0.05, 0.1) is 7.11 Å². The second-order valence-corrected chi connectivity index (χ2v) is 5.11. The molecular formula is C13H14N2O4S. The molecule has 7 heteroatoms. The van der Waals surface area contributed by atoms with Crippen molar-refractivity contribution >= 4 is 17.7 Å². The molecule has 0 amide bonds. The number of hydrogen-bond donors (Lipinski definition) is 1. The Morgan fingerprint density at radius 1 is 1.40 bits per heavy atom. The molecule has 0 spiro atoms. The minimum Gasteiger partial charge on any atom is -0.497 e. The lowest BCUT2D eigenvalue weighted by Crippen LogP contribution is -2.14. The van der Waals surface area contributed by atoms with Crippen LogP contribution in [-0.4, -0.2) is 33.6 Å². The van der Waals surface area contributed by atoms with E-state index in [1.807, 2.05) is 0 Å². The van der Waals surface area contributed by atoms with E-state index in [4.69, 9.17) is 14.3 Å². The maximum atomic E-state index is 11.0. The SMILES string of the molecule is CC[C@@H](Sc1nnc(-c2ccc(OC)cc2)o1)C(=O)O. The van der Waals surface area contributed by atoms with Crippen LogP contribution < -0.4 is 4.74 Å². The Morgan fingerprint density at radius 3 is 2.65 bits per heavy atom. The number of thioether (sulfide) groups is 1. The van der Waals surface area contributed by atoms with Crippen LogP contribution in [0.1, 0.15) is 13.3 Å². The summed E-state index contributed by atoms with van der Waals surface area (Å²) in [7, 11) is 1.59. The molecule has 1 N–H and O–H groups in total. The summed E-state index contributed by atoms with van der Waals surface area (Å²) in [6.45, 7) is 1.80. The maximum absolute atomic E-state index is 11.0. The van der Waals surface area contributed by atoms with E-state index >= 15 is 0 Å². The van der Waals surface area contributed by atoms with Gasteiger partial charge in [-0.25, -0.2) is 0 Å². The average Bonchev–Trinajstić information content (AvgIpc) is 2.93. The van der Waals surface area contributed by atoms with Crippen LogP contribution >= 0.6 is 11.8 Å². The summed E-state index contributed by atoms with van der Waals surface area (Å²) in [5, 5.41) is 16.4. The van der Waals surface area contributed by atoms with Gasteiger partial charge in [0.25, 0.3) is 5.22 Å². The molecule has 1 atom stereocenters. The zero-order valence-corrected chi connectivity index (χ0v) is 11.9. The first kappa shape index (κ1) is 14.4. The van der Waals surface area contributed by atoms with Crippen molar-refractivity contribution in [2.75, 3.05) is 7.11 Å². The Balaban J connectivity index is 2.13. The van der Waals surface area contributed by atoms with Crippen LogP contribution in [0, 0.1) is 0 Å². The zero-order valence-electron chi connectivity index (χ0n) is 11.1. The number of aromatic nitrogens is 2. The van der Waals surface area contributed by atoms with Gasteiger partial charge in [-0.15, -0.1) is 10.2 Å². The monoisotopic (exact) mass is 294 g/mol. The molecule has 0 aliphatic rings. The van der Waals surface area contributed by atoms with Crippen LogP contribution in [0.2, 0.25) is 0 Å². The summed E-state index contributed by atoms with van der Waals surface area (Å²) in [5.41, 5.74) is 0.758. The summed E-state index contributed by atoms with van der Waals surface area (Å²) in [5.74, 6) is 0.205. The Morgan fingerprint density at radius 2 is 2.10 bits per heavy atom. The Hall–Kier alpha value is -2.02. The summed E-state index contributed by atoms with van der Waals surface area (Å²) in [6, 6.07) is 7.18. The van der Waals surface area contributed by atoms with Gasteiger partial charge in [0.1, 0.15) is 11.0 Å². The molecule has 0 fully saturated rings. The van der Waals surface area contributed by atoms with Crippen LogP contribution in [0.4, 0.5) is 0 Å². The van der Waals surface area contributed by atoms with Gasteiger partial charge in [0.2, 0.25) is 5.89 Å². The van der Waals surface area contributed by atoms with Crippen molar-refractivity contribution in [3.05, 3.63) is 24.3 Å². The van der Waals surface area contributed by atoms with E-state index in [1.54, 1.807) is 38.3 Å². The largest absolute Gasteiger partial charge is 0.497 e. The minimum absolute atomic E-state index is 0.255. The lowest BCUT2D eigenvalue weighted by atomic mass is 10.2. The molecule has 1 heterocycles. The lowest BCUT2D eigenvalue weighted by Gasteiger charge is -2.04. The van der Waals surface area contributed by atoms with Crippen molar-refractivity contribution < 1.29 is 19.1 Å². The van der Waals surface area contributed by atoms with Crippen LogP contribution in [0.5, 0.6) is 5.75 Å². The van der Waals surface area contributed by atoms with Gasteiger partial charge in [-0.3, -0.25) is 4.79 Å². The Bertz CT molecular complexity index is 582. The number of nitrogens with zero attached hydrogens (tertiary/aromatic N) is 2. The molecule has 1 aromatic carbocycles. The summed E-state index contributed by atoms with van der Waals surface area (Å²) in [6.07, 6.45) is 0.486. The number of carbonyl (C=O) groups is 1. The normalized spacial score (nSPS) is 12.1. The number of carboxylic acids is 1. The fourth-order valence-corrected chi connectivity index (χ4v) is 2.26. The van der Waals surface area contributed by atoms with E-state index in [1.165, 1.54) is 0 Å². The first-order valence-electron chi connectivity index (χ1n) is 6.01. The van der Waals surface area contributed by atoms with E-state index in [-0.39, 0.29) is 5.22 Å². The predicted octanol–water partition coefficient (Wildman–Crippen LogP) is 2.70. The van der Waals surface area contributed by atoms with Crippen molar-refractivity contribution in [3.63, 3.8) is 0 Å². The fraction of sp³-hybridized carbons (Fsp3) is 0.308. The molecule has 20 heavy (non-hydrogen) atoms. The summed E-state index contributed by atoms with van der Waals surface area (Å²) in [4.78, 5) is 11.0. The molecule has 0 bridgehead atoms. The molecule has 0 aliphatic carbocycles. The first-order valence-corrected chi connectivity index (χ1v) is 6.89. The predicted molar refractivity (Wildman–Crippen MR) is 73.9 cm³/mol. The van der Waals surface area contributed by atoms with Crippen LogP contribution in [0.3, 0.4) is 0 Å². The molecule has 0 saturated carbocycles. The van der Waals surface area contributed by atoms with E-state index < -0.39 is 11.2 Å². The molecule has 2 aromatic rings. The molecule has 2 rings (SSSR count). The second kappa shape index (κ2) is 6.42. The van der Waals surface area contributed by atoms with Gasteiger partial charge in [0.15, 0.2) is 0 Å². The highest BCUT2D eigenvalue weighted by Gasteiger charge is 2.20. The van der Waals surface area contributed by atoms with E-state index in [9.17, 15) is 4.79 Å². The van der Waals surface area contributed by atoms with Crippen LogP contribution in [-0.2, 0) is 4.79 Å². The number of carboxylic acid groups (broad SMARTS) is 1. The highest BCUT2D eigenvalue weighted by molar-refractivity contribution is 8.00. The molecular weight excluding hydrogens is 280 g/mol. The van der Waals surface area contributed by atoms with Gasteiger partial charge in [-0.05, 0) is 30.7 Å². The lowest BCUT2D eigenvalue weighted by molar-refractivity contribution is -0.136. The molecule has 0 saturated heterocycles. The van der Waals surface area contributed by atoms with Crippen molar-refractivity contribution in [2.24, 2.45) is 0 Å². The van der Waals surface area contributed by atoms with Gasteiger partial charge < -0.3 is 14.3 Å². The highest BCUT2D eigenvalue weighted by Crippen LogP contribution is 2.28. The third-order valence-corrected chi connectivity index (χ3v) is 3.82. The standard InChI is InChI=1S/C13H14N2O4S/c1-3-10(12(16)17)20-13-15-14-11(19-13)8-4-6-9(18-2)7-5-8/h4-7,10H,3H2,1-2H3,(H,16,17)/t10-/m1/s1. The van der Waals surface area contributed by atoms with Crippen molar-refractivity contribution in [1.29, 1.82) is 0 Å². The van der Waals surface area contributed by atoms with E-state index in [0.29, 0.717) is 12.3 Å². The van der Waals surface area contributed by atoms with Gasteiger partial charge in [-0.2, -0.15) is 0 Å². The van der Waals surface area contributed by atoms with Gasteiger partial charge in [0, 0.05) is 5.56 Å². The number of hydrogen-bond acceptors (Lipinski definition) is 6. The van der Waals surface area contributed by atoms with Gasteiger partial charge in [-0.1, -0.05) is 18.7 Å². The van der Waals surface area contributed by atoms with Gasteiger partial charge >= 0.3 is 5.97 Å². The van der Waals surface area contributed by atoms with Crippen molar-refractivity contribution in [3.8, 4) is 17.2 Å². The van der Waals surface area contributed by atoms with Crippen molar-refractivity contribution in [1.82, 2.24) is 10.2 Å². The third-order valence-electron chi connectivity index (χ3n) is 2.63. The molecule has 1 aromatic heterocycles. The number of aliphatic carboxylic acids is 1. The highest BCUT2D eigenvalue weighted by atomic mass is 32.2. The zero-order chi connectivity index (χ0) is 14.5. The maximum Gasteiger partial charge on any atom is 0.317 e. The fourth-order valence-electron chi connectivity index (χ4n) is 1.54. The third kappa shape index (κ3) is 3.30. The van der Waals surface area contributed by atoms with Crippen LogP contribution in [0.15, 0.2) is 33.9 Å². The second-order valence-electron chi connectivity index (χ2n) is 3.95. The van der Waals surface area contributed by atoms with Crippen LogP contribution in [0.25, 0.3) is 11.5 Å². The summed E-state index contributed by atoms with van der Waals surface area (Å²) >= 11 is 1.06. The Labute approximate surface area is 120 Å². The topological polar surface area (TPSA) is 85.5 Å².